The maximum Gasteiger partial charge on any atom is 0.294 e. The summed E-state index contributed by atoms with van der Waals surface area (Å²) in [5, 5.41) is 0. The van der Waals surface area contributed by atoms with Crippen molar-refractivity contribution in [3.63, 3.8) is 0 Å². The fourth-order valence-corrected chi connectivity index (χ4v) is 1.48. The highest BCUT2D eigenvalue weighted by Gasteiger charge is 2.10. The minimum atomic E-state index is -4.22. The van der Waals surface area contributed by atoms with Crippen molar-refractivity contribution >= 4 is 10.1 Å². The molecule has 0 saturated carbocycles. The normalized spacial score (nSPS) is 11.6. The van der Waals surface area contributed by atoms with Crippen molar-refractivity contribution in [2.75, 3.05) is 0 Å². The Labute approximate surface area is 76.0 Å². The Morgan fingerprint density at radius 1 is 1.46 bits per heavy atom. The first-order valence-corrected chi connectivity index (χ1v) is 5.02. The first kappa shape index (κ1) is 10.1. The quantitative estimate of drug-likeness (QED) is 0.746. The van der Waals surface area contributed by atoms with Gasteiger partial charge in [0.1, 0.15) is 6.67 Å². The van der Waals surface area contributed by atoms with Crippen LogP contribution in [0.25, 0.3) is 0 Å². The van der Waals surface area contributed by atoms with Gasteiger partial charge in [-0.3, -0.25) is 4.55 Å². The standard InChI is InChI=1S/C8H9FO3S/c1-6-2-3-8(13(10,11)12)4-7(6)5-9/h2-4H,5H2,1H3,(H,10,11,12). The number of aryl methyl sites for hydroxylation is 1. The van der Waals surface area contributed by atoms with E-state index in [4.69, 9.17) is 4.55 Å². The lowest BCUT2D eigenvalue weighted by atomic mass is 10.1. The lowest BCUT2D eigenvalue weighted by molar-refractivity contribution is 0.477. The summed E-state index contributed by atoms with van der Waals surface area (Å²) in [6.45, 7) is 0.928. The van der Waals surface area contributed by atoms with E-state index < -0.39 is 16.8 Å². The number of rotatable bonds is 2. The zero-order valence-corrected chi connectivity index (χ0v) is 7.81. The van der Waals surface area contributed by atoms with Crippen LogP contribution in [-0.4, -0.2) is 13.0 Å². The largest absolute Gasteiger partial charge is 0.294 e. The summed E-state index contributed by atoms with van der Waals surface area (Å²) in [6.07, 6.45) is 0. The molecule has 0 aromatic heterocycles. The molecule has 0 aliphatic carbocycles. The number of benzene rings is 1. The van der Waals surface area contributed by atoms with Crippen molar-refractivity contribution in [2.45, 2.75) is 18.5 Å². The number of hydrogen-bond donors (Lipinski definition) is 1. The van der Waals surface area contributed by atoms with E-state index in [1.54, 1.807) is 6.92 Å². The first-order chi connectivity index (χ1) is 5.95. The molecule has 0 aliphatic rings. The van der Waals surface area contributed by atoms with E-state index in [-0.39, 0.29) is 10.5 Å². The second-order valence-electron chi connectivity index (χ2n) is 2.70. The molecule has 1 aromatic rings. The Morgan fingerprint density at radius 3 is 2.54 bits per heavy atom. The summed E-state index contributed by atoms with van der Waals surface area (Å²) in [5.41, 5.74) is 0.935. The maximum absolute atomic E-state index is 12.3. The summed E-state index contributed by atoms with van der Waals surface area (Å²) >= 11 is 0. The Kier molecular flexibility index (Phi) is 2.68. The van der Waals surface area contributed by atoms with E-state index in [0.29, 0.717) is 5.56 Å². The van der Waals surface area contributed by atoms with Crippen molar-refractivity contribution in [2.24, 2.45) is 0 Å². The molecular formula is C8H9FO3S. The molecule has 0 heterocycles. The van der Waals surface area contributed by atoms with Crippen molar-refractivity contribution in [1.82, 2.24) is 0 Å². The van der Waals surface area contributed by atoms with Gasteiger partial charge in [-0.25, -0.2) is 4.39 Å². The number of hydrogen-bond acceptors (Lipinski definition) is 2. The van der Waals surface area contributed by atoms with E-state index in [1.807, 2.05) is 0 Å². The smallest absolute Gasteiger partial charge is 0.282 e. The monoisotopic (exact) mass is 204 g/mol. The molecule has 0 saturated heterocycles. The van der Waals surface area contributed by atoms with Crippen LogP contribution in [0, 0.1) is 6.92 Å². The Balaban J connectivity index is 3.30. The van der Waals surface area contributed by atoms with Gasteiger partial charge in [0.25, 0.3) is 10.1 Å². The highest BCUT2D eigenvalue weighted by molar-refractivity contribution is 7.85. The molecule has 0 aliphatic heterocycles. The molecule has 5 heteroatoms. The third-order valence-electron chi connectivity index (χ3n) is 1.76. The molecule has 72 valence electrons. The summed E-state index contributed by atoms with van der Waals surface area (Å²) in [6, 6.07) is 3.83. The van der Waals surface area contributed by atoms with Gasteiger partial charge in [0, 0.05) is 0 Å². The van der Waals surface area contributed by atoms with E-state index in [1.165, 1.54) is 12.1 Å². The second kappa shape index (κ2) is 3.43. The molecule has 13 heavy (non-hydrogen) atoms. The van der Waals surface area contributed by atoms with Crippen LogP contribution < -0.4 is 0 Å². The van der Waals surface area contributed by atoms with Crippen LogP contribution in [0.1, 0.15) is 11.1 Å². The fraction of sp³-hybridized carbons (Fsp3) is 0.250. The third-order valence-corrected chi connectivity index (χ3v) is 2.61. The van der Waals surface area contributed by atoms with Crippen LogP contribution >= 0.6 is 0 Å². The Hall–Kier alpha value is -0.940. The van der Waals surface area contributed by atoms with Crippen molar-refractivity contribution in [3.8, 4) is 0 Å². The van der Waals surface area contributed by atoms with Gasteiger partial charge in [-0.05, 0) is 30.2 Å². The minimum Gasteiger partial charge on any atom is -0.282 e. The predicted octanol–water partition coefficient (Wildman–Crippen LogP) is 1.71. The predicted molar refractivity (Wildman–Crippen MR) is 45.8 cm³/mol. The summed E-state index contributed by atoms with van der Waals surface area (Å²) in [5.74, 6) is 0. The highest BCUT2D eigenvalue weighted by atomic mass is 32.2. The molecular weight excluding hydrogens is 195 g/mol. The van der Waals surface area contributed by atoms with Crippen LogP contribution in [-0.2, 0) is 16.8 Å². The molecule has 3 nitrogen and oxygen atoms in total. The second-order valence-corrected chi connectivity index (χ2v) is 4.12. The first-order valence-electron chi connectivity index (χ1n) is 3.58. The molecule has 0 radical (unpaired) electrons. The molecule has 0 atom stereocenters. The van der Waals surface area contributed by atoms with Gasteiger partial charge in [-0.1, -0.05) is 6.07 Å². The summed E-state index contributed by atoms with van der Waals surface area (Å²) in [7, 11) is -4.22. The van der Waals surface area contributed by atoms with Gasteiger partial charge >= 0.3 is 0 Å². The van der Waals surface area contributed by atoms with Crippen LogP contribution in [0.4, 0.5) is 4.39 Å². The van der Waals surface area contributed by atoms with Crippen LogP contribution in [0.3, 0.4) is 0 Å². The number of alkyl halides is 1. The zero-order chi connectivity index (χ0) is 10.1. The highest BCUT2D eigenvalue weighted by Crippen LogP contribution is 2.15. The molecule has 0 amide bonds. The van der Waals surface area contributed by atoms with Crippen molar-refractivity contribution < 1.29 is 17.4 Å². The van der Waals surface area contributed by atoms with Crippen LogP contribution in [0.15, 0.2) is 23.1 Å². The van der Waals surface area contributed by atoms with Gasteiger partial charge in [-0.15, -0.1) is 0 Å². The van der Waals surface area contributed by atoms with Gasteiger partial charge < -0.3 is 0 Å². The fourth-order valence-electron chi connectivity index (χ4n) is 0.952. The molecule has 0 spiro atoms. The van der Waals surface area contributed by atoms with E-state index >= 15 is 0 Å². The molecule has 1 aromatic carbocycles. The third kappa shape index (κ3) is 2.26. The molecule has 0 bridgehead atoms. The SMILES string of the molecule is Cc1ccc(S(=O)(=O)O)cc1CF. The van der Waals surface area contributed by atoms with Gasteiger partial charge in [0.15, 0.2) is 0 Å². The van der Waals surface area contributed by atoms with E-state index in [9.17, 15) is 12.8 Å². The average Bonchev–Trinajstić information content (AvgIpc) is 2.03. The Morgan fingerprint density at radius 2 is 2.08 bits per heavy atom. The Bertz CT molecular complexity index is 411. The van der Waals surface area contributed by atoms with E-state index in [0.717, 1.165) is 6.07 Å². The maximum atomic E-state index is 12.3. The summed E-state index contributed by atoms with van der Waals surface area (Å²) < 4.78 is 42.2. The average molecular weight is 204 g/mol. The summed E-state index contributed by atoms with van der Waals surface area (Å²) in [4.78, 5) is -0.272. The van der Waals surface area contributed by atoms with Gasteiger partial charge in [0.05, 0.1) is 4.90 Å². The van der Waals surface area contributed by atoms with Gasteiger partial charge in [0.2, 0.25) is 0 Å². The molecule has 0 fully saturated rings. The molecule has 0 unspecified atom stereocenters. The lowest BCUT2D eigenvalue weighted by Crippen LogP contribution is -1.99. The zero-order valence-electron chi connectivity index (χ0n) is 6.99. The lowest BCUT2D eigenvalue weighted by Gasteiger charge is -2.02. The van der Waals surface area contributed by atoms with Crippen molar-refractivity contribution in [1.29, 1.82) is 0 Å². The topological polar surface area (TPSA) is 54.4 Å². The van der Waals surface area contributed by atoms with Crippen LogP contribution in [0.2, 0.25) is 0 Å². The van der Waals surface area contributed by atoms with Gasteiger partial charge in [-0.2, -0.15) is 8.42 Å². The molecule has 1 N–H and O–H groups in total. The van der Waals surface area contributed by atoms with E-state index in [2.05, 4.69) is 0 Å². The number of halogens is 1. The minimum absolute atomic E-state index is 0.272. The van der Waals surface area contributed by atoms with Crippen LogP contribution in [0.5, 0.6) is 0 Å². The molecule has 1 rings (SSSR count). The van der Waals surface area contributed by atoms with Crippen molar-refractivity contribution in [3.05, 3.63) is 29.3 Å².